The van der Waals surface area contributed by atoms with Crippen LogP contribution in [-0.4, -0.2) is 32.5 Å². The molecular formula is C12H13N3O2. The van der Waals surface area contributed by atoms with E-state index in [-0.39, 0.29) is 19.6 Å². The van der Waals surface area contributed by atoms with Crippen LogP contribution in [-0.2, 0) is 13.0 Å². The van der Waals surface area contributed by atoms with Crippen LogP contribution in [0.3, 0.4) is 0 Å². The van der Waals surface area contributed by atoms with Crippen molar-refractivity contribution in [2.75, 3.05) is 6.61 Å². The average molecular weight is 231 g/mol. The van der Waals surface area contributed by atoms with Crippen molar-refractivity contribution in [1.82, 2.24) is 9.55 Å². The number of aliphatic hydroxyl groups excluding tert-OH is 2. The molecule has 0 saturated carbocycles. The van der Waals surface area contributed by atoms with Crippen LogP contribution in [0.1, 0.15) is 5.82 Å². The van der Waals surface area contributed by atoms with Gasteiger partial charge < -0.3 is 14.8 Å². The maximum Gasteiger partial charge on any atom is 0.124 e. The first-order chi connectivity index (χ1) is 8.26. The Morgan fingerprint density at radius 2 is 2.18 bits per heavy atom. The lowest BCUT2D eigenvalue weighted by Gasteiger charge is -2.11. The number of rotatable bonds is 4. The van der Waals surface area contributed by atoms with Crippen molar-refractivity contribution in [3.05, 3.63) is 30.1 Å². The minimum Gasteiger partial charge on any atom is -0.394 e. The second kappa shape index (κ2) is 4.95. The molecule has 88 valence electrons. The number of nitrogens with zero attached hydrogens (tertiary/aromatic N) is 3. The molecule has 1 aromatic carbocycles. The third-order valence-electron chi connectivity index (χ3n) is 2.57. The Balaban J connectivity index is 2.48. The van der Waals surface area contributed by atoms with Gasteiger partial charge >= 0.3 is 0 Å². The zero-order valence-electron chi connectivity index (χ0n) is 9.24. The van der Waals surface area contributed by atoms with Gasteiger partial charge in [0.15, 0.2) is 0 Å². The molecule has 0 fully saturated rings. The summed E-state index contributed by atoms with van der Waals surface area (Å²) in [5.41, 5.74) is 1.66. The quantitative estimate of drug-likeness (QED) is 0.800. The molecule has 5 heteroatoms. The summed E-state index contributed by atoms with van der Waals surface area (Å²) in [7, 11) is 0. The molecular weight excluding hydrogens is 218 g/mol. The van der Waals surface area contributed by atoms with E-state index in [0.717, 1.165) is 11.0 Å². The van der Waals surface area contributed by atoms with Crippen molar-refractivity contribution in [1.29, 1.82) is 5.26 Å². The van der Waals surface area contributed by atoms with Crippen LogP contribution in [0.25, 0.3) is 11.0 Å². The lowest BCUT2D eigenvalue weighted by molar-refractivity contribution is 0.0815. The summed E-state index contributed by atoms with van der Waals surface area (Å²) < 4.78 is 1.78. The summed E-state index contributed by atoms with van der Waals surface area (Å²) in [6.45, 7) is -0.0630. The van der Waals surface area contributed by atoms with Crippen LogP contribution in [0.4, 0.5) is 0 Å². The number of para-hydroxylation sites is 2. The van der Waals surface area contributed by atoms with Gasteiger partial charge in [0, 0.05) is 0 Å². The third kappa shape index (κ3) is 2.28. The smallest absolute Gasteiger partial charge is 0.124 e. The second-order valence-corrected chi connectivity index (χ2v) is 3.80. The zero-order valence-corrected chi connectivity index (χ0v) is 9.24. The fraction of sp³-hybridized carbons (Fsp3) is 0.333. The molecule has 1 aromatic heterocycles. The fourth-order valence-corrected chi connectivity index (χ4v) is 1.80. The van der Waals surface area contributed by atoms with Gasteiger partial charge in [0.1, 0.15) is 5.82 Å². The average Bonchev–Trinajstić information content (AvgIpc) is 2.68. The highest BCUT2D eigenvalue weighted by atomic mass is 16.3. The molecule has 2 aromatic rings. The van der Waals surface area contributed by atoms with Crippen molar-refractivity contribution in [2.24, 2.45) is 0 Å². The standard InChI is InChI=1S/C12H13N3O2/c13-6-5-12-14-10-3-1-2-4-11(10)15(12)7-9(17)8-16/h1-4,9,16-17H,5,7-8H2. The lowest BCUT2D eigenvalue weighted by atomic mass is 10.3. The molecule has 0 saturated heterocycles. The monoisotopic (exact) mass is 231 g/mol. The van der Waals surface area contributed by atoms with Crippen LogP contribution in [0.2, 0.25) is 0 Å². The molecule has 2 N–H and O–H groups in total. The van der Waals surface area contributed by atoms with E-state index >= 15 is 0 Å². The molecule has 1 atom stereocenters. The second-order valence-electron chi connectivity index (χ2n) is 3.80. The van der Waals surface area contributed by atoms with Gasteiger partial charge in [-0.25, -0.2) is 4.98 Å². The first-order valence-corrected chi connectivity index (χ1v) is 5.36. The Bertz CT molecular complexity index is 556. The van der Waals surface area contributed by atoms with E-state index in [1.54, 1.807) is 4.57 Å². The number of hydrogen-bond acceptors (Lipinski definition) is 4. The molecule has 0 spiro atoms. The van der Waals surface area contributed by atoms with Gasteiger partial charge in [0.25, 0.3) is 0 Å². The lowest BCUT2D eigenvalue weighted by Crippen LogP contribution is -2.21. The molecule has 1 unspecified atom stereocenters. The number of aromatic nitrogens is 2. The Hall–Kier alpha value is -1.90. The van der Waals surface area contributed by atoms with Gasteiger partial charge in [-0.3, -0.25) is 0 Å². The van der Waals surface area contributed by atoms with Crippen LogP contribution in [0, 0.1) is 11.3 Å². The third-order valence-corrected chi connectivity index (χ3v) is 2.57. The van der Waals surface area contributed by atoms with Gasteiger partial charge in [-0.15, -0.1) is 0 Å². The number of fused-ring (bicyclic) bond motifs is 1. The van der Waals surface area contributed by atoms with E-state index in [4.69, 9.17) is 10.4 Å². The predicted molar refractivity (Wildman–Crippen MR) is 62.1 cm³/mol. The molecule has 5 nitrogen and oxygen atoms in total. The van der Waals surface area contributed by atoms with Gasteiger partial charge in [-0.05, 0) is 12.1 Å². The van der Waals surface area contributed by atoms with Crippen molar-refractivity contribution in [3.63, 3.8) is 0 Å². The van der Waals surface area contributed by atoms with Crippen LogP contribution in [0.15, 0.2) is 24.3 Å². The van der Waals surface area contributed by atoms with Crippen LogP contribution >= 0.6 is 0 Å². The summed E-state index contributed by atoms with van der Waals surface area (Å²) >= 11 is 0. The molecule has 0 aliphatic rings. The van der Waals surface area contributed by atoms with E-state index in [2.05, 4.69) is 4.98 Å². The Labute approximate surface area is 98.6 Å². The molecule has 0 bridgehead atoms. The topological polar surface area (TPSA) is 82.1 Å². The molecule has 17 heavy (non-hydrogen) atoms. The normalized spacial score (nSPS) is 12.5. The van der Waals surface area contributed by atoms with Gasteiger partial charge in [-0.1, -0.05) is 12.1 Å². The van der Waals surface area contributed by atoms with Gasteiger partial charge in [-0.2, -0.15) is 5.26 Å². The number of aliphatic hydroxyl groups is 2. The van der Waals surface area contributed by atoms with Crippen molar-refractivity contribution in [3.8, 4) is 6.07 Å². The van der Waals surface area contributed by atoms with Crippen molar-refractivity contribution in [2.45, 2.75) is 19.1 Å². The molecule has 1 heterocycles. The Morgan fingerprint density at radius 1 is 1.41 bits per heavy atom. The highest BCUT2D eigenvalue weighted by Gasteiger charge is 2.12. The molecule has 0 radical (unpaired) electrons. The number of nitriles is 1. The first-order valence-electron chi connectivity index (χ1n) is 5.36. The SMILES string of the molecule is N#CCc1nc2ccccc2n1CC(O)CO. The van der Waals surface area contributed by atoms with Crippen molar-refractivity contribution < 1.29 is 10.2 Å². The van der Waals surface area contributed by atoms with Crippen molar-refractivity contribution >= 4 is 11.0 Å². The maximum absolute atomic E-state index is 9.50. The summed E-state index contributed by atoms with van der Waals surface area (Å²) in [5.74, 6) is 0.612. The van der Waals surface area contributed by atoms with Crippen LogP contribution < -0.4 is 0 Å². The van der Waals surface area contributed by atoms with Gasteiger partial charge in [0.2, 0.25) is 0 Å². The number of benzene rings is 1. The zero-order chi connectivity index (χ0) is 12.3. The van der Waals surface area contributed by atoms with Crippen LogP contribution in [0.5, 0.6) is 0 Å². The Morgan fingerprint density at radius 3 is 2.88 bits per heavy atom. The summed E-state index contributed by atoms with van der Waals surface area (Å²) in [5, 5.41) is 27.1. The minimum atomic E-state index is -0.843. The fourth-order valence-electron chi connectivity index (χ4n) is 1.80. The molecule has 0 amide bonds. The summed E-state index contributed by atoms with van der Waals surface area (Å²) in [6.07, 6.45) is -0.655. The maximum atomic E-state index is 9.50. The number of hydrogen-bond donors (Lipinski definition) is 2. The van der Waals surface area contributed by atoms with E-state index in [1.165, 1.54) is 0 Å². The highest BCUT2D eigenvalue weighted by molar-refractivity contribution is 5.76. The van der Waals surface area contributed by atoms with E-state index in [0.29, 0.717) is 5.82 Å². The highest BCUT2D eigenvalue weighted by Crippen LogP contribution is 2.16. The largest absolute Gasteiger partial charge is 0.394 e. The number of imidazole rings is 1. The summed E-state index contributed by atoms with van der Waals surface area (Å²) in [6, 6.07) is 9.54. The van der Waals surface area contributed by atoms with E-state index < -0.39 is 6.10 Å². The first kappa shape index (κ1) is 11.6. The Kier molecular flexibility index (Phi) is 3.38. The minimum absolute atomic E-state index is 0.187. The van der Waals surface area contributed by atoms with Gasteiger partial charge in [0.05, 0.1) is 42.8 Å². The molecule has 2 rings (SSSR count). The summed E-state index contributed by atoms with van der Waals surface area (Å²) in [4.78, 5) is 4.34. The predicted octanol–water partition coefficient (Wildman–Crippen LogP) is 0.456. The van der Waals surface area contributed by atoms with E-state index in [9.17, 15) is 5.11 Å². The molecule has 0 aliphatic carbocycles. The molecule has 0 aliphatic heterocycles. The van der Waals surface area contributed by atoms with E-state index in [1.807, 2.05) is 30.3 Å².